The second-order valence-electron chi connectivity index (χ2n) is 5.80. The molecule has 2 aromatic carbocycles. The highest BCUT2D eigenvalue weighted by Gasteiger charge is 2.41. The Labute approximate surface area is 154 Å². The molecule has 1 heterocycles. The van der Waals surface area contributed by atoms with E-state index in [2.05, 4.69) is 20.9 Å². The molecular weight excluding hydrogens is 414 g/mol. The van der Waals surface area contributed by atoms with Gasteiger partial charge in [0.15, 0.2) is 0 Å². The molecular formula is C19H12BrF4NO. The molecule has 0 saturated heterocycles. The number of nitrogens with one attached hydrogen (secondary N) is 1. The summed E-state index contributed by atoms with van der Waals surface area (Å²) < 4.78 is 53.0. The van der Waals surface area contributed by atoms with E-state index in [0.29, 0.717) is 0 Å². The molecule has 26 heavy (non-hydrogen) atoms. The van der Waals surface area contributed by atoms with Crippen LogP contribution in [-0.4, -0.2) is 16.9 Å². The molecule has 0 amide bonds. The van der Waals surface area contributed by atoms with Gasteiger partial charge in [0.1, 0.15) is 5.82 Å². The maximum Gasteiger partial charge on any atom is 0.454 e. The fourth-order valence-electron chi connectivity index (χ4n) is 2.58. The van der Waals surface area contributed by atoms with Gasteiger partial charge in [-0.05, 0) is 46.6 Å². The highest BCUT2D eigenvalue weighted by molar-refractivity contribution is 9.10. The van der Waals surface area contributed by atoms with Crippen molar-refractivity contribution >= 4 is 44.8 Å². The maximum absolute atomic E-state index is 13.8. The summed E-state index contributed by atoms with van der Waals surface area (Å²) in [6.07, 6.45) is -2.09. The maximum atomic E-state index is 13.8. The van der Waals surface area contributed by atoms with Gasteiger partial charge < -0.3 is 4.98 Å². The Bertz CT molecular complexity index is 1020. The summed E-state index contributed by atoms with van der Waals surface area (Å²) in [6, 6.07) is 9.55. The Morgan fingerprint density at radius 2 is 1.77 bits per heavy atom. The summed E-state index contributed by atoms with van der Waals surface area (Å²) in [5, 5.41) is -0.114. The van der Waals surface area contributed by atoms with E-state index in [1.54, 1.807) is 18.2 Å². The first-order valence-corrected chi connectivity index (χ1v) is 8.33. The zero-order valence-corrected chi connectivity index (χ0v) is 15.0. The average molecular weight is 426 g/mol. The number of benzene rings is 2. The fraction of sp³-hybridized carbons (Fsp3) is 0.105. The van der Waals surface area contributed by atoms with Crippen LogP contribution in [0.5, 0.6) is 0 Å². The molecule has 0 radical (unpaired) electrons. The van der Waals surface area contributed by atoms with E-state index in [9.17, 15) is 22.4 Å². The van der Waals surface area contributed by atoms with E-state index < -0.39 is 23.3 Å². The number of rotatable bonds is 3. The molecule has 2 nitrogen and oxygen atoms in total. The Hall–Kier alpha value is -2.41. The molecule has 3 aromatic rings. The molecule has 0 atom stereocenters. The monoisotopic (exact) mass is 425 g/mol. The Morgan fingerprint density at radius 1 is 1.12 bits per heavy atom. The number of Topliss-reactive ketones (excluding diaryl/α,β-unsaturated/α-hetero) is 1. The van der Waals surface area contributed by atoms with Gasteiger partial charge in [-0.15, -0.1) is 0 Å². The summed E-state index contributed by atoms with van der Waals surface area (Å²) in [4.78, 5) is 14.7. The molecule has 0 spiro atoms. The number of carbonyl (C=O) groups excluding carboxylic acids is 1. The number of alkyl halides is 3. The van der Waals surface area contributed by atoms with E-state index in [0.717, 1.165) is 17.2 Å². The topological polar surface area (TPSA) is 32.9 Å². The van der Waals surface area contributed by atoms with Crippen LogP contribution < -0.4 is 0 Å². The standard InChI is InChI=1S/C19H12BrF4NO/c1-10-2-4-11(5-3-10)6-7-15-17(18(26)19(22,23)24)12-8-14(21)13(20)9-16(12)25-15/h2-9,25H,1H3/b7-6+. The number of H-pyrrole nitrogens is 1. The zero-order valence-electron chi connectivity index (χ0n) is 13.4. The van der Waals surface area contributed by atoms with Crippen molar-refractivity contribution in [3.05, 3.63) is 69.1 Å². The first-order valence-electron chi connectivity index (χ1n) is 7.54. The summed E-state index contributed by atoms with van der Waals surface area (Å²) >= 11 is 2.99. The normalized spacial score (nSPS) is 12.2. The number of hydrogen-bond acceptors (Lipinski definition) is 1. The van der Waals surface area contributed by atoms with Crippen LogP contribution in [0.15, 0.2) is 40.9 Å². The van der Waals surface area contributed by atoms with Gasteiger partial charge in [-0.2, -0.15) is 13.2 Å². The SMILES string of the molecule is Cc1ccc(/C=C/c2[nH]c3cc(Br)c(F)cc3c2C(=O)C(F)(F)F)cc1. The molecule has 0 saturated carbocycles. The third-order valence-corrected chi connectivity index (χ3v) is 4.48. The molecule has 134 valence electrons. The number of hydrogen-bond donors (Lipinski definition) is 1. The van der Waals surface area contributed by atoms with Gasteiger partial charge in [0.25, 0.3) is 5.78 Å². The molecule has 1 N–H and O–H groups in total. The predicted molar refractivity (Wildman–Crippen MR) is 96.4 cm³/mol. The van der Waals surface area contributed by atoms with Gasteiger partial charge in [-0.1, -0.05) is 35.9 Å². The average Bonchev–Trinajstić information content (AvgIpc) is 2.90. The number of carbonyl (C=O) groups is 1. The van der Waals surface area contributed by atoms with Crippen LogP contribution in [0.3, 0.4) is 0 Å². The van der Waals surface area contributed by atoms with Crippen LogP contribution >= 0.6 is 15.9 Å². The van der Waals surface area contributed by atoms with Crippen LogP contribution in [0.1, 0.15) is 27.2 Å². The number of fused-ring (bicyclic) bond motifs is 1. The quantitative estimate of drug-likeness (QED) is 0.387. The van der Waals surface area contributed by atoms with Crippen molar-refractivity contribution in [3.63, 3.8) is 0 Å². The van der Waals surface area contributed by atoms with Crippen LogP contribution in [0.25, 0.3) is 23.1 Å². The van der Waals surface area contributed by atoms with Crippen molar-refractivity contribution in [1.29, 1.82) is 0 Å². The number of aryl methyl sites for hydroxylation is 1. The predicted octanol–water partition coefficient (Wildman–Crippen LogP) is 6.29. The van der Waals surface area contributed by atoms with Crippen LogP contribution in [-0.2, 0) is 0 Å². The lowest BCUT2D eigenvalue weighted by Crippen LogP contribution is -2.23. The van der Waals surface area contributed by atoms with Gasteiger partial charge in [-0.25, -0.2) is 4.39 Å². The van der Waals surface area contributed by atoms with E-state index in [-0.39, 0.29) is 21.1 Å². The molecule has 0 bridgehead atoms. The number of ketones is 1. The van der Waals surface area contributed by atoms with Crippen LogP contribution in [0.2, 0.25) is 0 Å². The lowest BCUT2D eigenvalue weighted by Gasteiger charge is -2.05. The lowest BCUT2D eigenvalue weighted by molar-refractivity contribution is -0.0884. The Kier molecular flexibility index (Phi) is 4.75. The molecule has 7 heteroatoms. The number of halogens is 5. The van der Waals surface area contributed by atoms with Gasteiger partial charge in [-0.3, -0.25) is 4.79 Å². The van der Waals surface area contributed by atoms with Gasteiger partial charge in [0.05, 0.1) is 15.7 Å². The third kappa shape index (κ3) is 3.58. The van der Waals surface area contributed by atoms with Crippen molar-refractivity contribution in [3.8, 4) is 0 Å². The van der Waals surface area contributed by atoms with E-state index >= 15 is 0 Å². The molecule has 0 aliphatic heterocycles. The molecule has 0 aliphatic carbocycles. The second kappa shape index (κ2) is 6.72. The largest absolute Gasteiger partial charge is 0.454 e. The van der Waals surface area contributed by atoms with Crippen molar-refractivity contribution < 1.29 is 22.4 Å². The molecule has 0 aliphatic rings. The minimum atomic E-state index is -5.06. The minimum Gasteiger partial charge on any atom is -0.354 e. The molecule has 0 unspecified atom stereocenters. The molecule has 1 aromatic heterocycles. The first kappa shape index (κ1) is 18.4. The summed E-state index contributed by atoms with van der Waals surface area (Å²) in [5.74, 6) is -2.77. The van der Waals surface area contributed by atoms with Gasteiger partial charge >= 0.3 is 6.18 Å². The van der Waals surface area contributed by atoms with E-state index in [1.807, 2.05) is 19.1 Å². The van der Waals surface area contributed by atoms with Crippen molar-refractivity contribution in [2.45, 2.75) is 13.1 Å². The van der Waals surface area contributed by atoms with Crippen molar-refractivity contribution in [1.82, 2.24) is 4.98 Å². The zero-order chi connectivity index (χ0) is 19.1. The van der Waals surface area contributed by atoms with Crippen LogP contribution in [0.4, 0.5) is 17.6 Å². The lowest BCUT2D eigenvalue weighted by atomic mass is 10.0. The Balaban J connectivity index is 2.17. The van der Waals surface area contributed by atoms with Crippen molar-refractivity contribution in [2.24, 2.45) is 0 Å². The summed E-state index contributed by atoms with van der Waals surface area (Å²) in [6.45, 7) is 1.91. The van der Waals surface area contributed by atoms with E-state index in [1.165, 1.54) is 12.1 Å². The highest BCUT2D eigenvalue weighted by Crippen LogP contribution is 2.33. The first-order chi connectivity index (χ1) is 12.2. The van der Waals surface area contributed by atoms with Gasteiger partial charge in [0, 0.05) is 10.9 Å². The summed E-state index contributed by atoms with van der Waals surface area (Å²) in [7, 11) is 0. The van der Waals surface area contributed by atoms with E-state index in [4.69, 9.17) is 0 Å². The second-order valence-corrected chi connectivity index (χ2v) is 6.65. The Morgan fingerprint density at radius 3 is 2.38 bits per heavy atom. The molecule has 3 rings (SSSR count). The fourth-order valence-corrected chi connectivity index (χ4v) is 2.92. The number of aromatic amines is 1. The third-order valence-electron chi connectivity index (χ3n) is 3.87. The minimum absolute atomic E-state index is 0.0274. The van der Waals surface area contributed by atoms with Crippen molar-refractivity contribution in [2.75, 3.05) is 0 Å². The smallest absolute Gasteiger partial charge is 0.354 e. The van der Waals surface area contributed by atoms with Gasteiger partial charge in [0.2, 0.25) is 0 Å². The summed E-state index contributed by atoms with van der Waals surface area (Å²) in [5.41, 5.74) is 1.41. The highest BCUT2D eigenvalue weighted by atomic mass is 79.9. The van der Waals surface area contributed by atoms with Crippen LogP contribution in [0, 0.1) is 12.7 Å². The number of aromatic nitrogens is 1. The molecule has 0 fully saturated rings.